The van der Waals surface area contributed by atoms with Crippen LogP contribution in [0.2, 0.25) is 0 Å². The van der Waals surface area contributed by atoms with E-state index in [9.17, 15) is 0 Å². The van der Waals surface area contributed by atoms with Crippen LogP contribution in [0, 0.1) is 0 Å². The van der Waals surface area contributed by atoms with Crippen molar-refractivity contribution in [2.24, 2.45) is 0 Å². The lowest BCUT2D eigenvalue weighted by Gasteiger charge is -2.12. The molecular weight excluding hydrogens is 296 g/mol. The second kappa shape index (κ2) is 5.91. The number of hydrogen-bond acceptors (Lipinski definition) is 7. The normalized spacial score (nSPS) is 16.5. The summed E-state index contributed by atoms with van der Waals surface area (Å²) in [7, 11) is 0. The number of nitrogens with zero attached hydrogens (tertiary/aromatic N) is 2. The second-order valence-electron chi connectivity index (χ2n) is 4.80. The van der Waals surface area contributed by atoms with Crippen molar-refractivity contribution in [2.75, 3.05) is 10.0 Å². The van der Waals surface area contributed by atoms with Crippen LogP contribution in [0.15, 0.2) is 85.0 Å². The van der Waals surface area contributed by atoms with Crippen LogP contribution in [-0.2, 0) is 14.4 Å². The Balaban J connectivity index is 1.43. The highest BCUT2D eigenvalue weighted by Crippen LogP contribution is 2.23. The molecule has 0 atom stereocenters. The van der Waals surface area contributed by atoms with Crippen molar-refractivity contribution in [1.29, 1.82) is 0 Å². The average molecular weight is 310 g/mol. The Bertz CT molecular complexity index is 670. The number of anilines is 2. The monoisotopic (exact) mass is 310 g/mol. The first-order chi connectivity index (χ1) is 11.4. The minimum Gasteiger partial charge on any atom is -0.388 e. The summed E-state index contributed by atoms with van der Waals surface area (Å²) in [4.78, 5) is 10.5. The van der Waals surface area contributed by atoms with Crippen molar-refractivity contribution in [2.45, 2.75) is 0 Å². The largest absolute Gasteiger partial charge is 0.388 e. The molecule has 2 aromatic carbocycles. The molecule has 2 aliphatic heterocycles. The Morgan fingerprint density at radius 1 is 0.652 bits per heavy atom. The number of benzene rings is 2. The summed E-state index contributed by atoms with van der Waals surface area (Å²) in [5.41, 5.74) is 7.33. The molecule has 7 nitrogen and oxygen atoms in total. The molecule has 2 heterocycles. The smallest absolute Gasteiger partial charge is 0.328 e. The lowest BCUT2D eigenvalue weighted by Crippen LogP contribution is -2.27. The minimum atomic E-state index is 0.275. The van der Waals surface area contributed by atoms with Crippen LogP contribution in [0.25, 0.3) is 0 Å². The van der Waals surface area contributed by atoms with Gasteiger partial charge in [-0.3, -0.25) is 0 Å². The number of para-hydroxylation sites is 2. The van der Waals surface area contributed by atoms with E-state index in [1.807, 2.05) is 60.7 Å². The zero-order valence-electron chi connectivity index (χ0n) is 12.0. The SMILES string of the molecule is C1=C(OC2=CN(c3ccccc3)NO2)ONN1c1ccccc1. The summed E-state index contributed by atoms with van der Waals surface area (Å²) < 4.78 is 5.55. The molecule has 7 heteroatoms. The van der Waals surface area contributed by atoms with Gasteiger partial charge in [0.2, 0.25) is 0 Å². The van der Waals surface area contributed by atoms with Crippen molar-refractivity contribution in [3.63, 3.8) is 0 Å². The van der Waals surface area contributed by atoms with Crippen molar-refractivity contribution < 1.29 is 14.4 Å². The molecule has 0 bridgehead atoms. The van der Waals surface area contributed by atoms with E-state index in [-0.39, 0.29) is 11.9 Å². The Morgan fingerprint density at radius 3 is 1.52 bits per heavy atom. The van der Waals surface area contributed by atoms with E-state index in [0.717, 1.165) is 11.4 Å². The van der Waals surface area contributed by atoms with Gasteiger partial charge in [0.1, 0.15) is 12.4 Å². The zero-order chi connectivity index (χ0) is 15.5. The van der Waals surface area contributed by atoms with Crippen LogP contribution in [0.3, 0.4) is 0 Å². The molecule has 0 radical (unpaired) electrons. The maximum atomic E-state index is 5.55. The topological polar surface area (TPSA) is 58.2 Å². The fraction of sp³-hybridized carbons (Fsp3) is 0. The summed E-state index contributed by atoms with van der Waals surface area (Å²) >= 11 is 0. The predicted octanol–water partition coefficient (Wildman–Crippen LogP) is 2.51. The summed E-state index contributed by atoms with van der Waals surface area (Å²) in [5.74, 6) is 0.550. The molecule has 0 amide bonds. The maximum Gasteiger partial charge on any atom is 0.328 e. The van der Waals surface area contributed by atoms with Crippen LogP contribution < -0.4 is 21.2 Å². The second-order valence-corrected chi connectivity index (χ2v) is 4.80. The molecular formula is C16H14N4O3. The van der Waals surface area contributed by atoms with E-state index in [1.54, 1.807) is 22.4 Å². The highest BCUT2D eigenvalue weighted by Gasteiger charge is 2.22. The van der Waals surface area contributed by atoms with E-state index < -0.39 is 0 Å². The summed E-state index contributed by atoms with van der Waals surface area (Å²) in [6.45, 7) is 0. The van der Waals surface area contributed by atoms with E-state index in [2.05, 4.69) is 11.2 Å². The van der Waals surface area contributed by atoms with Gasteiger partial charge in [0, 0.05) is 0 Å². The Hall–Kier alpha value is -3.16. The molecule has 116 valence electrons. The lowest BCUT2D eigenvalue weighted by molar-refractivity contribution is -0.0382. The van der Waals surface area contributed by atoms with Gasteiger partial charge in [0.25, 0.3) is 0 Å². The van der Waals surface area contributed by atoms with Crippen molar-refractivity contribution >= 4 is 11.4 Å². The van der Waals surface area contributed by atoms with Crippen LogP contribution in [0.4, 0.5) is 11.4 Å². The highest BCUT2D eigenvalue weighted by molar-refractivity contribution is 5.49. The van der Waals surface area contributed by atoms with Crippen LogP contribution in [-0.4, -0.2) is 0 Å². The third-order valence-corrected chi connectivity index (χ3v) is 3.23. The summed E-state index contributed by atoms with van der Waals surface area (Å²) in [6, 6.07) is 19.4. The van der Waals surface area contributed by atoms with Crippen LogP contribution >= 0.6 is 0 Å². The van der Waals surface area contributed by atoms with Gasteiger partial charge in [-0.2, -0.15) is 0 Å². The quantitative estimate of drug-likeness (QED) is 0.900. The van der Waals surface area contributed by atoms with Gasteiger partial charge in [-0.05, 0) is 24.3 Å². The molecule has 0 saturated carbocycles. The molecule has 0 fully saturated rings. The van der Waals surface area contributed by atoms with E-state index >= 15 is 0 Å². The molecule has 0 saturated heterocycles. The first-order valence-electron chi connectivity index (χ1n) is 7.03. The van der Waals surface area contributed by atoms with Gasteiger partial charge in [0.15, 0.2) is 0 Å². The molecule has 0 spiro atoms. The third kappa shape index (κ3) is 2.91. The molecule has 4 rings (SSSR count). The number of hydrazine groups is 2. The van der Waals surface area contributed by atoms with Gasteiger partial charge in [-0.1, -0.05) is 47.6 Å². The van der Waals surface area contributed by atoms with Gasteiger partial charge >= 0.3 is 11.9 Å². The first-order valence-corrected chi connectivity index (χ1v) is 7.03. The van der Waals surface area contributed by atoms with Crippen molar-refractivity contribution in [3.8, 4) is 0 Å². The minimum absolute atomic E-state index is 0.275. The lowest BCUT2D eigenvalue weighted by atomic mass is 10.3. The van der Waals surface area contributed by atoms with Crippen LogP contribution in [0.5, 0.6) is 0 Å². The average Bonchev–Trinajstić information content (AvgIpc) is 3.27. The van der Waals surface area contributed by atoms with E-state index in [4.69, 9.17) is 14.4 Å². The molecule has 2 aliphatic rings. The van der Waals surface area contributed by atoms with Gasteiger partial charge < -0.3 is 14.4 Å². The summed E-state index contributed by atoms with van der Waals surface area (Å²) in [6.07, 6.45) is 3.37. The van der Waals surface area contributed by atoms with Gasteiger partial charge in [-0.25, -0.2) is 10.0 Å². The van der Waals surface area contributed by atoms with E-state index in [1.165, 1.54) is 0 Å². The maximum absolute atomic E-state index is 5.55. The molecule has 2 aromatic rings. The molecule has 23 heavy (non-hydrogen) atoms. The van der Waals surface area contributed by atoms with Crippen molar-refractivity contribution in [3.05, 3.63) is 85.0 Å². The number of ether oxygens (including phenoxy) is 1. The fourth-order valence-corrected chi connectivity index (χ4v) is 2.13. The van der Waals surface area contributed by atoms with Crippen LogP contribution in [0.1, 0.15) is 0 Å². The Morgan fingerprint density at radius 2 is 1.09 bits per heavy atom. The third-order valence-electron chi connectivity index (χ3n) is 3.23. The fourth-order valence-electron chi connectivity index (χ4n) is 2.13. The molecule has 0 aliphatic carbocycles. The number of nitrogens with one attached hydrogen (secondary N) is 2. The predicted molar refractivity (Wildman–Crippen MR) is 83.5 cm³/mol. The Kier molecular flexibility index (Phi) is 3.47. The van der Waals surface area contributed by atoms with E-state index in [0.29, 0.717) is 0 Å². The molecule has 0 unspecified atom stereocenters. The van der Waals surface area contributed by atoms with Gasteiger partial charge in [0.05, 0.1) is 11.4 Å². The van der Waals surface area contributed by atoms with Crippen molar-refractivity contribution in [1.82, 2.24) is 11.2 Å². The summed E-state index contributed by atoms with van der Waals surface area (Å²) in [5, 5.41) is 3.40. The first kappa shape index (κ1) is 13.5. The molecule has 2 N–H and O–H groups in total. The molecule has 0 aromatic heterocycles. The van der Waals surface area contributed by atoms with Gasteiger partial charge in [-0.15, -0.1) is 0 Å². The Labute approximate surface area is 132 Å². The zero-order valence-corrected chi connectivity index (χ0v) is 12.0. The standard InChI is InChI=1S/C16H14N4O3/c1-3-7-13(8-4-1)19-11-15(22-17-19)21-16-12-20(18-23-16)14-9-5-2-6-10-14/h1-12,17-18H. The number of hydrogen-bond donors (Lipinski definition) is 2. The number of rotatable bonds is 4. The highest BCUT2D eigenvalue weighted by atomic mass is 16.9.